The Morgan fingerprint density at radius 3 is 2.62 bits per heavy atom. The summed E-state index contributed by atoms with van der Waals surface area (Å²) in [5, 5.41) is 9.39. The molecule has 0 bridgehead atoms. The molecule has 32 heavy (non-hydrogen) atoms. The third kappa shape index (κ3) is 4.68. The van der Waals surface area contributed by atoms with Crippen molar-refractivity contribution in [3.63, 3.8) is 0 Å². The van der Waals surface area contributed by atoms with Crippen LogP contribution in [0, 0.1) is 6.92 Å². The molecule has 8 heteroatoms. The number of benzene rings is 2. The molecule has 0 saturated heterocycles. The van der Waals surface area contributed by atoms with Gasteiger partial charge < -0.3 is 5.73 Å². The minimum Gasteiger partial charge on any atom is -0.402 e. The first-order valence-corrected chi connectivity index (χ1v) is 10.3. The maximum absolute atomic E-state index is 12.7. The van der Waals surface area contributed by atoms with E-state index in [0.717, 1.165) is 16.9 Å². The standard InChI is InChI=1S/C24H21ClN6O/c1-16-13-20(30-11-4-10-27-30)7-8-22(16)31-12-9-23(32)24(29-31)21(14-17(2)26)28-19-6-3-5-18(25)15-19/h3-15H,26H2,1-2H3. The number of allylic oxidation sites excluding steroid dienone is 2. The first-order chi connectivity index (χ1) is 15.4. The van der Waals surface area contributed by atoms with Crippen molar-refractivity contribution in [2.24, 2.45) is 10.7 Å². The second kappa shape index (κ2) is 9.03. The van der Waals surface area contributed by atoms with Gasteiger partial charge in [-0.15, -0.1) is 0 Å². The van der Waals surface area contributed by atoms with Crippen LogP contribution in [0.5, 0.6) is 0 Å². The van der Waals surface area contributed by atoms with Gasteiger partial charge in [0.15, 0.2) is 5.69 Å². The average Bonchev–Trinajstić information content (AvgIpc) is 3.28. The summed E-state index contributed by atoms with van der Waals surface area (Å²) in [6.45, 7) is 3.71. The molecule has 4 aromatic rings. The van der Waals surface area contributed by atoms with E-state index in [-0.39, 0.29) is 11.1 Å². The molecule has 0 aliphatic rings. The monoisotopic (exact) mass is 444 g/mol. The maximum Gasteiger partial charge on any atom is 0.209 e. The highest BCUT2D eigenvalue weighted by Crippen LogP contribution is 2.20. The lowest BCUT2D eigenvalue weighted by atomic mass is 10.1. The van der Waals surface area contributed by atoms with E-state index in [1.54, 1.807) is 59.0 Å². The van der Waals surface area contributed by atoms with Crippen molar-refractivity contribution in [2.75, 3.05) is 0 Å². The quantitative estimate of drug-likeness (QED) is 0.463. The molecular weight excluding hydrogens is 424 g/mol. The Bertz CT molecular complexity index is 1380. The van der Waals surface area contributed by atoms with Gasteiger partial charge in [-0.25, -0.2) is 14.4 Å². The van der Waals surface area contributed by atoms with Crippen molar-refractivity contribution in [2.45, 2.75) is 13.8 Å². The van der Waals surface area contributed by atoms with Crippen molar-refractivity contribution in [3.8, 4) is 11.4 Å². The van der Waals surface area contributed by atoms with E-state index in [1.807, 2.05) is 37.4 Å². The Hall–Kier alpha value is -3.97. The number of nitrogens with zero attached hydrogens (tertiary/aromatic N) is 5. The predicted molar refractivity (Wildman–Crippen MR) is 127 cm³/mol. The number of hydrogen-bond acceptors (Lipinski definition) is 5. The SMILES string of the molecule is CC(N)=CC(=Nc1cccc(Cl)c1)c1nn(-c2ccc(-n3cccn3)cc2C)ccc1=O. The Kier molecular flexibility index (Phi) is 6.00. The molecule has 0 aliphatic heterocycles. The molecule has 2 N–H and O–H groups in total. The highest BCUT2D eigenvalue weighted by atomic mass is 35.5. The number of aryl methyl sites for hydroxylation is 1. The molecule has 0 spiro atoms. The molecule has 160 valence electrons. The molecule has 0 amide bonds. The fraction of sp³-hybridized carbons (Fsp3) is 0.0833. The molecule has 2 heterocycles. The summed E-state index contributed by atoms with van der Waals surface area (Å²) < 4.78 is 3.44. The summed E-state index contributed by atoms with van der Waals surface area (Å²) in [4.78, 5) is 17.3. The minimum atomic E-state index is -0.259. The fourth-order valence-corrected chi connectivity index (χ4v) is 3.42. The topological polar surface area (TPSA) is 91.1 Å². The average molecular weight is 445 g/mol. The molecule has 4 rings (SSSR count). The first kappa shape index (κ1) is 21.3. The zero-order chi connectivity index (χ0) is 22.7. The summed E-state index contributed by atoms with van der Waals surface area (Å²) in [6.07, 6.45) is 6.87. The van der Waals surface area contributed by atoms with E-state index >= 15 is 0 Å². The van der Waals surface area contributed by atoms with Gasteiger partial charge in [0.2, 0.25) is 5.43 Å². The van der Waals surface area contributed by atoms with Crippen LogP contribution >= 0.6 is 11.6 Å². The van der Waals surface area contributed by atoms with Crippen LogP contribution in [0.25, 0.3) is 11.4 Å². The van der Waals surface area contributed by atoms with Crippen LogP contribution in [-0.2, 0) is 0 Å². The van der Waals surface area contributed by atoms with Gasteiger partial charge >= 0.3 is 0 Å². The summed E-state index contributed by atoms with van der Waals surface area (Å²) in [5.74, 6) is 0. The van der Waals surface area contributed by atoms with Crippen molar-refractivity contribution < 1.29 is 0 Å². The van der Waals surface area contributed by atoms with Gasteiger partial charge in [0.05, 0.1) is 22.8 Å². The van der Waals surface area contributed by atoms with Crippen LogP contribution in [0.15, 0.2) is 94.7 Å². The number of aliphatic imine (C=N–C) groups is 1. The van der Waals surface area contributed by atoms with E-state index in [2.05, 4.69) is 15.2 Å². The van der Waals surface area contributed by atoms with E-state index in [0.29, 0.717) is 22.1 Å². The van der Waals surface area contributed by atoms with Gasteiger partial charge in [0, 0.05) is 35.4 Å². The summed E-state index contributed by atoms with van der Waals surface area (Å²) in [7, 11) is 0. The number of hydrogen-bond donors (Lipinski definition) is 1. The molecule has 2 aromatic carbocycles. The molecule has 0 atom stereocenters. The van der Waals surface area contributed by atoms with Gasteiger partial charge in [-0.2, -0.15) is 10.2 Å². The van der Waals surface area contributed by atoms with Crippen molar-refractivity contribution >= 4 is 23.0 Å². The second-order valence-electron chi connectivity index (χ2n) is 7.26. The highest BCUT2D eigenvalue weighted by molar-refractivity contribution is 6.30. The smallest absolute Gasteiger partial charge is 0.209 e. The molecule has 2 aromatic heterocycles. The van der Waals surface area contributed by atoms with Crippen molar-refractivity contribution in [1.82, 2.24) is 19.6 Å². The van der Waals surface area contributed by atoms with Crippen molar-refractivity contribution in [3.05, 3.63) is 111 Å². The summed E-state index contributed by atoms with van der Waals surface area (Å²) >= 11 is 6.09. The minimum absolute atomic E-state index is 0.188. The Labute approximate surface area is 190 Å². The molecule has 7 nitrogen and oxygen atoms in total. The fourth-order valence-electron chi connectivity index (χ4n) is 3.23. The van der Waals surface area contributed by atoms with Crippen molar-refractivity contribution in [1.29, 1.82) is 0 Å². The van der Waals surface area contributed by atoms with Gasteiger partial charge in [0.25, 0.3) is 0 Å². The number of halogens is 1. The van der Waals surface area contributed by atoms with Crippen LogP contribution in [-0.4, -0.2) is 25.3 Å². The lowest BCUT2D eigenvalue weighted by Crippen LogP contribution is -2.21. The molecule has 0 aliphatic carbocycles. The Morgan fingerprint density at radius 1 is 1.09 bits per heavy atom. The molecular formula is C24H21ClN6O. The lowest BCUT2D eigenvalue weighted by Gasteiger charge is -2.12. The third-order valence-corrected chi connectivity index (χ3v) is 4.90. The normalized spacial score (nSPS) is 12.2. The Morgan fingerprint density at radius 2 is 1.94 bits per heavy atom. The van der Waals surface area contributed by atoms with Crippen LogP contribution in [0.4, 0.5) is 5.69 Å². The first-order valence-electron chi connectivity index (χ1n) is 9.90. The Balaban J connectivity index is 1.81. The van der Waals surface area contributed by atoms with E-state index in [1.165, 1.54) is 6.07 Å². The number of nitrogens with two attached hydrogens (primary N) is 1. The summed E-state index contributed by atoms with van der Waals surface area (Å²) in [5.41, 5.74) is 10.0. The van der Waals surface area contributed by atoms with E-state index in [4.69, 9.17) is 17.3 Å². The van der Waals surface area contributed by atoms with E-state index in [9.17, 15) is 4.79 Å². The van der Waals surface area contributed by atoms with Gasteiger partial charge in [-0.1, -0.05) is 17.7 Å². The van der Waals surface area contributed by atoms with E-state index < -0.39 is 0 Å². The van der Waals surface area contributed by atoms with Crippen LogP contribution in [0.3, 0.4) is 0 Å². The molecule has 0 saturated carbocycles. The highest BCUT2D eigenvalue weighted by Gasteiger charge is 2.12. The number of rotatable bonds is 5. The zero-order valence-corrected chi connectivity index (χ0v) is 18.4. The maximum atomic E-state index is 12.7. The van der Waals surface area contributed by atoms with Gasteiger partial charge in [-0.05, 0) is 68.0 Å². The largest absolute Gasteiger partial charge is 0.402 e. The molecule has 0 radical (unpaired) electrons. The number of aromatic nitrogens is 4. The lowest BCUT2D eigenvalue weighted by molar-refractivity contribution is 0.819. The molecule has 0 fully saturated rings. The third-order valence-electron chi connectivity index (χ3n) is 4.67. The summed E-state index contributed by atoms with van der Waals surface area (Å²) in [6, 6.07) is 16.3. The van der Waals surface area contributed by atoms with Crippen LogP contribution < -0.4 is 11.2 Å². The zero-order valence-electron chi connectivity index (χ0n) is 17.6. The predicted octanol–water partition coefficient (Wildman–Crippen LogP) is 4.36. The van der Waals surface area contributed by atoms with Gasteiger partial charge in [-0.3, -0.25) is 4.79 Å². The van der Waals surface area contributed by atoms with Gasteiger partial charge in [0.1, 0.15) is 0 Å². The molecule has 0 unspecified atom stereocenters. The van der Waals surface area contributed by atoms with Crippen LogP contribution in [0.2, 0.25) is 5.02 Å². The second-order valence-corrected chi connectivity index (χ2v) is 7.70. The van der Waals surface area contributed by atoms with Crippen LogP contribution in [0.1, 0.15) is 18.2 Å².